The van der Waals surface area contributed by atoms with E-state index in [0.29, 0.717) is 6.54 Å². The van der Waals surface area contributed by atoms with Crippen LogP contribution in [-0.4, -0.2) is 20.9 Å². The maximum atomic E-state index is 13.6. The number of hydrogen-bond donors (Lipinski definition) is 2. The Morgan fingerprint density at radius 1 is 1.44 bits per heavy atom. The molecule has 0 radical (unpaired) electrons. The molecule has 0 aromatic heterocycles. The molecule has 18 heavy (non-hydrogen) atoms. The predicted molar refractivity (Wildman–Crippen MR) is 64.9 cm³/mol. The van der Waals surface area contributed by atoms with Crippen LogP contribution in [0, 0.1) is 11.7 Å². The van der Waals surface area contributed by atoms with Crippen LogP contribution in [0.3, 0.4) is 0 Å². The fourth-order valence-corrected chi connectivity index (χ4v) is 1.77. The van der Waals surface area contributed by atoms with Gasteiger partial charge in [-0.25, -0.2) is 17.9 Å². The molecule has 3 N–H and O–H groups in total. The Bertz CT molecular complexity index is 555. The fourth-order valence-electron chi connectivity index (χ4n) is 1.25. The highest BCUT2D eigenvalue weighted by atomic mass is 32.2. The zero-order chi connectivity index (χ0) is 13.9. The van der Waals surface area contributed by atoms with E-state index in [1.807, 2.05) is 13.8 Å². The predicted octanol–water partition coefficient (Wildman–Crippen LogP) is 0.859. The molecule has 100 valence electrons. The summed E-state index contributed by atoms with van der Waals surface area (Å²) >= 11 is 0. The van der Waals surface area contributed by atoms with Gasteiger partial charge < -0.3 is 5.32 Å². The van der Waals surface area contributed by atoms with Gasteiger partial charge in [-0.15, -0.1) is 0 Å². The van der Waals surface area contributed by atoms with Crippen molar-refractivity contribution in [1.29, 1.82) is 0 Å². The topological polar surface area (TPSA) is 89.3 Å². The summed E-state index contributed by atoms with van der Waals surface area (Å²) in [6.07, 6.45) is 0. The summed E-state index contributed by atoms with van der Waals surface area (Å²) in [6, 6.07) is 2.94. The fraction of sp³-hybridized carbons (Fsp3) is 0.364. The minimum Gasteiger partial charge on any atom is -0.352 e. The number of benzene rings is 1. The highest BCUT2D eigenvalue weighted by Gasteiger charge is 2.16. The molecular formula is C11H15FN2O3S. The second-order valence-electron chi connectivity index (χ2n) is 4.29. The van der Waals surface area contributed by atoms with Crippen LogP contribution in [0.15, 0.2) is 23.1 Å². The van der Waals surface area contributed by atoms with Gasteiger partial charge in [0.1, 0.15) is 5.82 Å². The van der Waals surface area contributed by atoms with Crippen LogP contribution in [0.1, 0.15) is 24.2 Å². The molecule has 1 amide bonds. The monoisotopic (exact) mass is 274 g/mol. The number of sulfonamides is 1. The summed E-state index contributed by atoms with van der Waals surface area (Å²) < 4.78 is 35.6. The number of hydrogen-bond acceptors (Lipinski definition) is 3. The molecule has 0 fully saturated rings. The highest BCUT2D eigenvalue weighted by molar-refractivity contribution is 7.89. The maximum absolute atomic E-state index is 13.6. The second kappa shape index (κ2) is 5.45. The molecule has 1 rings (SSSR count). The summed E-state index contributed by atoms with van der Waals surface area (Å²) in [6.45, 7) is 4.22. The number of nitrogens with one attached hydrogen (secondary N) is 1. The third-order valence-electron chi connectivity index (χ3n) is 2.18. The van der Waals surface area contributed by atoms with Gasteiger partial charge in [0.25, 0.3) is 5.91 Å². The van der Waals surface area contributed by atoms with Crippen molar-refractivity contribution in [2.75, 3.05) is 6.54 Å². The lowest BCUT2D eigenvalue weighted by Crippen LogP contribution is -2.28. The molecule has 0 saturated heterocycles. The van der Waals surface area contributed by atoms with Crippen molar-refractivity contribution >= 4 is 15.9 Å². The molecule has 0 bridgehead atoms. The number of primary sulfonamides is 1. The standard InChI is InChI=1S/C11H15FN2O3S/c1-7(2)6-14-11(15)9-4-3-8(5-10(9)12)18(13,16)17/h3-5,7H,6H2,1-2H3,(H,14,15)(H2,13,16,17). The van der Waals surface area contributed by atoms with Gasteiger partial charge in [-0.05, 0) is 24.1 Å². The second-order valence-corrected chi connectivity index (χ2v) is 5.85. The van der Waals surface area contributed by atoms with E-state index in [1.165, 1.54) is 0 Å². The zero-order valence-corrected chi connectivity index (χ0v) is 10.9. The quantitative estimate of drug-likeness (QED) is 0.853. The van der Waals surface area contributed by atoms with Crippen molar-refractivity contribution in [3.8, 4) is 0 Å². The van der Waals surface area contributed by atoms with Crippen LogP contribution in [0.4, 0.5) is 4.39 Å². The highest BCUT2D eigenvalue weighted by Crippen LogP contribution is 2.13. The minimum atomic E-state index is -3.97. The van der Waals surface area contributed by atoms with E-state index in [-0.39, 0.29) is 16.4 Å². The zero-order valence-electron chi connectivity index (χ0n) is 10.1. The van der Waals surface area contributed by atoms with E-state index in [9.17, 15) is 17.6 Å². The lowest BCUT2D eigenvalue weighted by atomic mass is 10.2. The van der Waals surface area contributed by atoms with Gasteiger partial charge in [-0.3, -0.25) is 4.79 Å². The summed E-state index contributed by atoms with van der Waals surface area (Å²) in [7, 11) is -3.97. The SMILES string of the molecule is CC(C)CNC(=O)c1ccc(S(N)(=O)=O)cc1F. The van der Waals surface area contributed by atoms with Crippen molar-refractivity contribution < 1.29 is 17.6 Å². The van der Waals surface area contributed by atoms with E-state index >= 15 is 0 Å². The van der Waals surface area contributed by atoms with E-state index in [0.717, 1.165) is 18.2 Å². The third-order valence-corrected chi connectivity index (χ3v) is 3.10. The van der Waals surface area contributed by atoms with Crippen LogP contribution < -0.4 is 10.5 Å². The van der Waals surface area contributed by atoms with Crippen molar-refractivity contribution in [3.05, 3.63) is 29.6 Å². The molecule has 1 aromatic rings. The first-order chi connectivity index (χ1) is 8.21. The van der Waals surface area contributed by atoms with E-state index in [4.69, 9.17) is 5.14 Å². The van der Waals surface area contributed by atoms with Gasteiger partial charge in [0.2, 0.25) is 10.0 Å². The Balaban J connectivity index is 2.96. The van der Waals surface area contributed by atoms with Gasteiger partial charge in [-0.2, -0.15) is 0 Å². The molecule has 5 nitrogen and oxygen atoms in total. The number of halogens is 1. The third kappa shape index (κ3) is 3.78. The summed E-state index contributed by atoms with van der Waals surface area (Å²) in [4.78, 5) is 11.2. The lowest BCUT2D eigenvalue weighted by Gasteiger charge is -2.08. The Kier molecular flexibility index (Phi) is 4.42. The van der Waals surface area contributed by atoms with Crippen molar-refractivity contribution in [3.63, 3.8) is 0 Å². The van der Waals surface area contributed by atoms with Crippen LogP contribution >= 0.6 is 0 Å². The van der Waals surface area contributed by atoms with Gasteiger partial charge >= 0.3 is 0 Å². The molecule has 0 atom stereocenters. The molecular weight excluding hydrogens is 259 g/mol. The lowest BCUT2D eigenvalue weighted by molar-refractivity contribution is 0.0945. The molecule has 0 spiro atoms. The first kappa shape index (κ1) is 14.6. The number of carbonyl (C=O) groups excluding carboxylic acids is 1. The van der Waals surface area contributed by atoms with Gasteiger partial charge in [-0.1, -0.05) is 13.8 Å². The first-order valence-corrected chi connectivity index (χ1v) is 6.87. The Hall–Kier alpha value is -1.47. The molecule has 0 aliphatic rings. The van der Waals surface area contributed by atoms with Gasteiger partial charge in [0.15, 0.2) is 0 Å². The van der Waals surface area contributed by atoms with E-state index < -0.39 is 21.7 Å². The summed E-state index contributed by atoms with van der Waals surface area (Å²) in [5, 5.41) is 7.39. The number of carbonyl (C=O) groups is 1. The van der Waals surface area contributed by atoms with Crippen LogP contribution in [0.25, 0.3) is 0 Å². The molecule has 1 aromatic carbocycles. The van der Waals surface area contributed by atoms with Gasteiger partial charge in [0, 0.05) is 6.54 Å². The molecule has 0 aliphatic carbocycles. The van der Waals surface area contributed by atoms with Crippen LogP contribution in [-0.2, 0) is 10.0 Å². The molecule has 0 aliphatic heterocycles. The Labute approximate surface area is 105 Å². The van der Waals surface area contributed by atoms with Crippen LogP contribution in [0.5, 0.6) is 0 Å². The molecule has 0 saturated carbocycles. The maximum Gasteiger partial charge on any atom is 0.254 e. The van der Waals surface area contributed by atoms with Crippen molar-refractivity contribution in [2.24, 2.45) is 11.1 Å². The molecule has 0 unspecified atom stereocenters. The number of amides is 1. The van der Waals surface area contributed by atoms with Crippen molar-refractivity contribution in [2.45, 2.75) is 18.7 Å². The van der Waals surface area contributed by atoms with Crippen molar-refractivity contribution in [1.82, 2.24) is 5.32 Å². The summed E-state index contributed by atoms with van der Waals surface area (Å²) in [5.41, 5.74) is -0.206. The van der Waals surface area contributed by atoms with Crippen LogP contribution in [0.2, 0.25) is 0 Å². The average Bonchev–Trinajstić information content (AvgIpc) is 2.24. The first-order valence-electron chi connectivity index (χ1n) is 5.32. The Morgan fingerprint density at radius 3 is 2.50 bits per heavy atom. The minimum absolute atomic E-state index is 0.206. The van der Waals surface area contributed by atoms with E-state index in [2.05, 4.69) is 5.32 Å². The summed E-state index contributed by atoms with van der Waals surface area (Å²) in [5.74, 6) is -1.26. The molecule has 0 heterocycles. The molecule has 7 heteroatoms. The van der Waals surface area contributed by atoms with Gasteiger partial charge in [0.05, 0.1) is 10.5 Å². The number of nitrogens with two attached hydrogens (primary N) is 1. The smallest absolute Gasteiger partial charge is 0.254 e. The Morgan fingerprint density at radius 2 is 2.06 bits per heavy atom. The normalized spacial score (nSPS) is 11.6. The average molecular weight is 274 g/mol. The van der Waals surface area contributed by atoms with E-state index in [1.54, 1.807) is 0 Å². The largest absolute Gasteiger partial charge is 0.352 e. The number of rotatable bonds is 4.